The first-order valence-electron chi connectivity index (χ1n) is 5.89. The molecule has 0 aromatic heterocycles. The van der Waals surface area contributed by atoms with Crippen molar-refractivity contribution in [2.45, 2.75) is 37.8 Å². The lowest BCUT2D eigenvalue weighted by molar-refractivity contribution is -0.241. The molecule has 0 spiro atoms. The zero-order valence-corrected chi connectivity index (χ0v) is 10.1. The van der Waals surface area contributed by atoms with E-state index >= 15 is 0 Å². The first-order chi connectivity index (χ1) is 8.64. The number of rotatable bonds is 2. The average molecular weight is 250 g/mol. The van der Waals surface area contributed by atoms with Gasteiger partial charge in [0.25, 0.3) is 0 Å². The summed E-state index contributed by atoms with van der Waals surface area (Å²) in [4.78, 5) is 28.4. The van der Waals surface area contributed by atoms with Gasteiger partial charge < -0.3 is 9.57 Å². The summed E-state index contributed by atoms with van der Waals surface area (Å²) in [6, 6.07) is 1.71. The van der Waals surface area contributed by atoms with Crippen LogP contribution >= 0.6 is 0 Å². The SMILES string of the molecule is CCOC(=O)[C@]1(C#N)CC=C[C@H]2CCC(=O)ON21. The Morgan fingerprint density at radius 3 is 3.22 bits per heavy atom. The smallest absolute Gasteiger partial charge is 0.345 e. The molecule has 1 saturated heterocycles. The predicted molar refractivity (Wildman–Crippen MR) is 59.7 cm³/mol. The second kappa shape index (κ2) is 4.78. The minimum Gasteiger partial charge on any atom is -0.464 e. The van der Waals surface area contributed by atoms with E-state index in [4.69, 9.17) is 9.57 Å². The summed E-state index contributed by atoms with van der Waals surface area (Å²) >= 11 is 0. The van der Waals surface area contributed by atoms with Crippen molar-refractivity contribution in [1.29, 1.82) is 5.26 Å². The second-order valence-corrected chi connectivity index (χ2v) is 4.22. The van der Waals surface area contributed by atoms with E-state index in [2.05, 4.69) is 0 Å². The van der Waals surface area contributed by atoms with E-state index in [0.717, 1.165) is 0 Å². The Labute approximate surface area is 105 Å². The topological polar surface area (TPSA) is 79.6 Å². The highest BCUT2D eigenvalue weighted by Crippen LogP contribution is 2.34. The lowest BCUT2D eigenvalue weighted by atomic mass is 9.89. The number of hydrogen-bond donors (Lipinski definition) is 0. The lowest BCUT2D eigenvalue weighted by Crippen LogP contribution is -2.61. The largest absolute Gasteiger partial charge is 0.464 e. The number of nitrogens with zero attached hydrogens (tertiary/aromatic N) is 2. The van der Waals surface area contributed by atoms with Crippen molar-refractivity contribution in [2.24, 2.45) is 0 Å². The number of hydroxylamine groups is 2. The van der Waals surface area contributed by atoms with E-state index in [0.29, 0.717) is 6.42 Å². The molecule has 0 N–H and O–H groups in total. The third-order valence-corrected chi connectivity index (χ3v) is 3.09. The van der Waals surface area contributed by atoms with Gasteiger partial charge >= 0.3 is 11.9 Å². The molecule has 1 fully saturated rings. The summed E-state index contributed by atoms with van der Waals surface area (Å²) in [6.07, 6.45) is 4.60. The zero-order valence-electron chi connectivity index (χ0n) is 10.1. The molecule has 0 saturated carbocycles. The molecule has 2 aliphatic heterocycles. The minimum atomic E-state index is -1.55. The number of esters is 1. The zero-order chi connectivity index (χ0) is 13.2. The Bertz CT molecular complexity index is 440. The van der Waals surface area contributed by atoms with Gasteiger partial charge in [-0.3, -0.25) is 4.79 Å². The van der Waals surface area contributed by atoms with Gasteiger partial charge in [0, 0.05) is 12.8 Å². The molecule has 18 heavy (non-hydrogen) atoms. The Balaban J connectivity index is 2.34. The Morgan fingerprint density at radius 1 is 1.78 bits per heavy atom. The highest BCUT2D eigenvalue weighted by atomic mass is 16.7. The van der Waals surface area contributed by atoms with Gasteiger partial charge in [-0.25, -0.2) is 4.79 Å². The molecule has 0 aromatic carbocycles. The van der Waals surface area contributed by atoms with Crippen molar-refractivity contribution in [3.05, 3.63) is 12.2 Å². The van der Waals surface area contributed by atoms with Crippen LogP contribution in [0.3, 0.4) is 0 Å². The minimum absolute atomic E-state index is 0.159. The van der Waals surface area contributed by atoms with E-state index in [1.807, 2.05) is 12.1 Å². The maximum Gasteiger partial charge on any atom is 0.345 e. The van der Waals surface area contributed by atoms with Gasteiger partial charge in [0.2, 0.25) is 5.54 Å². The van der Waals surface area contributed by atoms with E-state index in [1.165, 1.54) is 5.06 Å². The highest BCUT2D eigenvalue weighted by Gasteiger charge is 2.53. The fourth-order valence-corrected chi connectivity index (χ4v) is 2.19. The van der Waals surface area contributed by atoms with Crippen LogP contribution in [0, 0.1) is 11.3 Å². The quantitative estimate of drug-likeness (QED) is 0.530. The number of hydrogen-bond acceptors (Lipinski definition) is 6. The molecule has 6 heteroatoms. The van der Waals surface area contributed by atoms with Crippen molar-refractivity contribution in [1.82, 2.24) is 5.06 Å². The molecule has 96 valence electrons. The first kappa shape index (κ1) is 12.6. The van der Waals surface area contributed by atoms with Gasteiger partial charge in [-0.2, -0.15) is 5.26 Å². The lowest BCUT2D eigenvalue weighted by Gasteiger charge is -2.42. The van der Waals surface area contributed by atoms with Crippen LogP contribution in [0.4, 0.5) is 0 Å². The molecule has 0 bridgehead atoms. The van der Waals surface area contributed by atoms with Crippen LogP contribution in [0.1, 0.15) is 26.2 Å². The predicted octanol–water partition coefficient (Wildman–Crippen LogP) is 0.694. The normalized spacial score (nSPS) is 31.1. The summed E-state index contributed by atoms with van der Waals surface area (Å²) in [5.41, 5.74) is -1.55. The Kier molecular flexibility index (Phi) is 3.34. The maximum absolute atomic E-state index is 12.0. The molecule has 0 radical (unpaired) electrons. The van der Waals surface area contributed by atoms with Crippen molar-refractivity contribution in [3.8, 4) is 6.07 Å². The molecular formula is C12H14N2O4. The van der Waals surface area contributed by atoms with Crippen molar-refractivity contribution >= 4 is 11.9 Å². The summed E-state index contributed by atoms with van der Waals surface area (Å²) in [5.74, 6) is -1.10. The molecule has 2 heterocycles. The Morgan fingerprint density at radius 2 is 2.56 bits per heavy atom. The summed E-state index contributed by atoms with van der Waals surface area (Å²) in [6.45, 7) is 1.85. The van der Waals surface area contributed by atoms with Crippen LogP contribution in [0.25, 0.3) is 0 Å². The van der Waals surface area contributed by atoms with E-state index < -0.39 is 17.5 Å². The highest BCUT2D eigenvalue weighted by molar-refractivity contribution is 5.85. The molecule has 2 atom stereocenters. The molecule has 0 aliphatic carbocycles. The number of carbonyl (C=O) groups is 2. The van der Waals surface area contributed by atoms with Crippen LogP contribution in [0.15, 0.2) is 12.2 Å². The van der Waals surface area contributed by atoms with Crippen molar-refractivity contribution in [2.75, 3.05) is 6.61 Å². The molecule has 0 unspecified atom stereocenters. The Hall–Kier alpha value is -1.87. The van der Waals surface area contributed by atoms with Crippen LogP contribution in [0.5, 0.6) is 0 Å². The number of carbonyl (C=O) groups excluding carboxylic acids is 2. The van der Waals surface area contributed by atoms with E-state index in [-0.39, 0.29) is 25.5 Å². The summed E-state index contributed by atoms with van der Waals surface area (Å²) in [7, 11) is 0. The second-order valence-electron chi connectivity index (χ2n) is 4.22. The van der Waals surface area contributed by atoms with Gasteiger partial charge in [-0.1, -0.05) is 12.2 Å². The van der Waals surface area contributed by atoms with Crippen LogP contribution in [-0.2, 0) is 19.2 Å². The van der Waals surface area contributed by atoms with Crippen LogP contribution in [0.2, 0.25) is 0 Å². The molecule has 0 aromatic rings. The van der Waals surface area contributed by atoms with Gasteiger partial charge in [0.15, 0.2) is 0 Å². The van der Waals surface area contributed by atoms with Crippen LogP contribution < -0.4 is 0 Å². The van der Waals surface area contributed by atoms with Gasteiger partial charge in [0.05, 0.1) is 12.6 Å². The fourth-order valence-electron chi connectivity index (χ4n) is 2.19. The van der Waals surface area contributed by atoms with Crippen molar-refractivity contribution in [3.63, 3.8) is 0 Å². The number of nitriles is 1. The first-order valence-corrected chi connectivity index (χ1v) is 5.89. The third kappa shape index (κ3) is 1.87. The summed E-state index contributed by atoms with van der Waals surface area (Å²) < 4.78 is 4.93. The average Bonchev–Trinajstić information content (AvgIpc) is 2.38. The maximum atomic E-state index is 12.0. The van der Waals surface area contributed by atoms with Gasteiger partial charge in [-0.05, 0) is 13.3 Å². The molecule has 2 rings (SSSR count). The van der Waals surface area contributed by atoms with Gasteiger partial charge in [0.1, 0.15) is 6.07 Å². The molecule has 2 aliphatic rings. The van der Waals surface area contributed by atoms with E-state index in [9.17, 15) is 14.9 Å². The molecule has 0 amide bonds. The van der Waals surface area contributed by atoms with Crippen LogP contribution in [-0.4, -0.2) is 35.2 Å². The number of ether oxygens (including phenoxy) is 1. The summed E-state index contributed by atoms with van der Waals surface area (Å²) in [5, 5.41) is 10.5. The standard InChI is InChI=1S/C12H14N2O4/c1-2-17-11(16)12(8-13)7-3-4-9-5-6-10(15)18-14(9)12/h3-4,9H,2,5-7H2,1H3/t9-,12+/m0/s1. The third-order valence-electron chi connectivity index (χ3n) is 3.09. The molecular weight excluding hydrogens is 236 g/mol. The van der Waals surface area contributed by atoms with E-state index in [1.54, 1.807) is 13.0 Å². The van der Waals surface area contributed by atoms with Gasteiger partial charge in [-0.15, -0.1) is 5.06 Å². The number of fused-ring (bicyclic) bond motifs is 1. The fraction of sp³-hybridized carbons (Fsp3) is 0.583. The van der Waals surface area contributed by atoms with Crippen molar-refractivity contribution < 1.29 is 19.2 Å². The molecule has 6 nitrogen and oxygen atoms in total. The monoisotopic (exact) mass is 250 g/mol.